The maximum Gasteiger partial charge on any atom is 0.394 e. The van der Waals surface area contributed by atoms with Crippen LogP contribution in [0.4, 0.5) is 0 Å². The number of rotatable bonds is 3. The van der Waals surface area contributed by atoms with Gasteiger partial charge in [-0.3, -0.25) is 9.48 Å². The Kier molecular flexibility index (Phi) is 3.22. The fraction of sp³-hybridized carbons (Fsp3) is 0.375. The molecule has 0 radical (unpaired) electrons. The van der Waals surface area contributed by atoms with Gasteiger partial charge in [-0.1, -0.05) is 0 Å². The molecule has 1 heterocycles. The number of amides is 1. The molecule has 0 aliphatic rings. The minimum Gasteiger partial charge on any atom is -0.474 e. The summed E-state index contributed by atoms with van der Waals surface area (Å²) in [6, 6.07) is 1.81. The summed E-state index contributed by atoms with van der Waals surface area (Å²) >= 11 is 0. The molecule has 0 aromatic carbocycles. The van der Waals surface area contributed by atoms with Crippen LogP contribution in [0.3, 0.4) is 0 Å². The summed E-state index contributed by atoms with van der Waals surface area (Å²) in [7, 11) is 1.79. The van der Waals surface area contributed by atoms with Gasteiger partial charge in [-0.05, 0) is 6.07 Å². The highest BCUT2D eigenvalue weighted by atomic mass is 16.4. The van der Waals surface area contributed by atoms with Crippen molar-refractivity contribution >= 4 is 11.9 Å². The third-order valence-electron chi connectivity index (χ3n) is 1.63. The van der Waals surface area contributed by atoms with Crippen molar-refractivity contribution in [3.8, 4) is 0 Å². The highest BCUT2D eigenvalue weighted by Gasteiger charge is 2.09. The zero-order chi connectivity index (χ0) is 10.6. The molecule has 1 amide bonds. The van der Waals surface area contributed by atoms with Crippen LogP contribution in [0.5, 0.6) is 0 Å². The molecule has 0 bridgehead atoms. The Morgan fingerprint density at radius 3 is 2.86 bits per heavy atom. The van der Waals surface area contributed by atoms with Crippen LogP contribution in [-0.2, 0) is 23.1 Å². The van der Waals surface area contributed by atoms with E-state index in [4.69, 9.17) is 5.11 Å². The maximum atomic E-state index is 10.6. The van der Waals surface area contributed by atoms with Crippen molar-refractivity contribution in [2.75, 3.05) is 6.54 Å². The van der Waals surface area contributed by atoms with E-state index in [1.165, 1.54) is 0 Å². The van der Waals surface area contributed by atoms with E-state index < -0.39 is 11.9 Å². The zero-order valence-electron chi connectivity index (χ0n) is 7.73. The van der Waals surface area contributed by atoms with Gasteiger partial charge in [0.05, 0.1) is 5.69 Å². The van der Waals surface area contributed by atoms with Gasteiger partial charge in [0.25, 0.3) is 0 Å². The Balaban J connectivity index is 2.29. The third kappa shape index (κ3) is 2.89. The third-order valence-corrected chi connectivity index (χ3v) is 1.63. The number of carbonyl (C=O) groups is 2. The molecule has 6 nitrogen and oxygen atoms in total. The van der Waals surface area contributed by atoms with Gasteiger partial charge in [0.2, 0.25) is 0 Å². The van der Waals surface area contributed by atoms with E-state index in [1.54, 1.807) is 17.9 Å². The smallest absolute Gasteiger partial charge is 0.394 e. The van der Waals surface area contributed by atoms with Crippen LogP contribution in [0.15, 0.2) is 12.3 Å². The van der Waals surface area contributed by atoms with Crippen molar-refractivity contribution in [3.05, 3.63) is 18.0 Å². The number of carboxylic acids is 1. The summed E-state index contributed by atoms with van der Waals surface area (Å²) < 4.78 is 1.65. The first kappa shape index (κ1) is 10.2. The van der Waals surface area contributed by atoms with E-state index in [9.17, 15) is 9.59 Å². The van der Waals surface area contributed by atoms with Crippen LogP contribution in [0.2, 0.25) is 0 Å². The highest BCUT2D eigenvalue weighted by Crippen LogP contribution is 1.93. The lowest BCUT2D eigenvalue weighted by molar-refractivity contribution is -0.150. The van der Waals surface area contributed by atoms with Crippen LogP contribution in [0, 0.1) is 0 Å². The van der Waals surface area contributed by atoms with E-state index in [0.29, 0.717) is 6.42 Å². The normalized spacial score (nSPS) is 9.79. The standard InChI is InChI=1S/C8H11N3O3/c1-11-5-3-6(10-11)2-4-9-7(12)8(13)14/h3,5H,2,4H2,1H3,(H,9,12)(H,13,14). The van der Waals surface area contributed by atoms with Gasteiger partial charge in [0.15, 0.2) is 0 Å². The van der Waals surface area contributed by atoms with Gasteiger partial charge >= 0.3 is 11.9 Å². The van der Waals surface area contributed by atoms with Crippen molar-refractivity contribution in [1.29, 1.82) is 0 Å². The molecule has 76 valence electrons. The molecule has 0 saturated heterocycles. The Morgan fingerprint density at radius 1 is 1.64 bits per heavy atom. The second-order valence-electron chi connectivity index (χ2n) is 2.79. The van der Waals surface area contributed by atoms with Crippen LogP contribution >= 0.6 is 0 Å². The lowest BCUT2D eigenvalue weighted by atomic mass is 10.3. The quantitative estimate of drug-likeness (QED) is 0.619. The van der Waals surface area contributed by atoms with E-state index >= 15 is 0 Å². The van der Waals surface area contributed by atoms with Crippen molar-refractivity contribution < 1.29 is 14.7 Å². The first-order valence-corrected chi connectivity index (χ1v) is 4.09. The topological polar surface area (TPSA) is 84.2 Å². The Morgan fingerprint density at radius 2 is 2.36 bits per heavy atom. The molecule has 1 rings (SSSR count). The molecular weight excluding hydrogens is 186 g/mol. The molecule has 0 atom stereocenters. The number of carboxylic acid groups (broad SMARTS) is 1. The summed E-state index contributed by atoms with van der Waals surface area (Å²) in [5.41, 5.74) is 0.818. The molecule has 1 aromatic heterocycles. The molecular formula is C8H11N3O3. The predicted molar refractivity (Wildman–Crippen MR) is 47.6 cm³/mol. The van der Waals surface area contributed by atoms with Gasteiger partial charge in [-0.25, -0.2) is 4.79 Å². The monoisotopic (exact) mass is 197 g/mol. The van der Waals surface area contributed by atoms with Crippen LogP contribution in [0.1, 0.15) is 5.69 Å². The molecule has 0 aliphatic heterocycles. The Bertz CT molecular complexity index is 345. The van der Waals surface area contributed by atoms with E-state index in [-0.39, 0.29) is 6.54 Å². The lowest BCUT2D eigenvalue weighted by Crippen LogP contribution is -2.32. The number of nitrogens with one attached hydrogen (secondary N) is 1. The summed E-state index contributed by atoms with van der Waals surface area (Å²) in [5.74, 6) is -2.45. The Hall–Kier alpha value is -1.85. The second-order valence-corrected chi connectivity index (χ2v) is 2.79. The molecule has 6 heteroatoms. The molecule has 0 spiro atoms. The number of carbonyl (C=O) groups excluding carboxylic acids is 1. The summed E-state index contributed by atoms with van der Waals surface area (Å²) in [6.07, 6.45) is 2.31. The fourth-order valence-corrected chi connectivity index (χ4v) is 0.976. The molecule has 1 aromatic rings. The first-order chi connectivity index (χ1) is 6.59. The van der Waals surface area contributed by atoms with Gasteiger partial charge < -0.3 is 10.4 Å². The van der Waals surface area contributed by atoms with E-state index in [1.807, 2.05) is 6.07 Å². The highest BCUT2D eigenvalue weighted by molar-refractivity contribution is 6.31. The van der Waals surface area contributed by atoms with Crippen molar-refractivity contribution in [2.24, 2.45) is 7.05 Å². The van der Waals surface area contributed by atoms with Gasteiger partial charge in [0.1, 0.15) is 0 Å². The SMILES string of the molecule is Cn1ccc(CCNC(=O)C(=O)O)n1. The lowest BCUT2D eigenvalue weighted by Gasteiger charge is -1.98. The number of aliphatic carboxylic acids is 1. The maximum absolute atomic E-state index is 10.6. The average Bonchev–Trinajstić information content (AvgIpc) is 2.51. The molecule has 0 fully saturated rings. The van der Waals surface area contributed by atoms with Gasteiger partial charge in [-0.15, -0.1) is 0 Å². The number of nitrogens with zero attached hydrogens (tertiary/aromatic N) is 2. The molecule has 0 saturated carbocycles. The predicted octanol–water partition coefficient (Wildman–Crippen LogP) is -0.837. The summed E-state index contributed by atoms with van der Waals surface area (Å²) in [6.45, 7) is 0.280. The molecule has 0 unspecified atom stereocenters. The van der Waals surface area contributed by atoms with Gasteiger partial charge in [-0.2, -0.15) is 5.10 Å². The van der Waals surface area contributed by atoms with E-state index in [2.05, 4.69) is 10.4 Å². The number of aromatic nitrogens is 2. The zero-order valence-corrected chi connectivity index (χ0v) is 7.73. The number of hydrogen-bond donors (Lipinski definition) is 2. The minimum absolute atomic E-state index is 0.280. The van der Waals surface area contributed by atoms with Crippen molar-refractivity contribution in [2.45, 2.75) is 6.42 Å². The summed E-state index contributed by atoms with van der Waals surface area (Å²) in [5, 5.41) is 14.6. The number of hydrogen-bond acceptors (Lipinski definition) is 3. The van der Waals surface area contributed by atoms with Crippen molar-refractivity contribution in [3.63, 3.8) is 0 Å². The molecule has 2 N–H and O–H groups in total. The number of aryl methyl sites for hydroxylation is 1. The van der Waals surface area contributed by atoms with Crippen molar-refractivity contribution in [1.82, 2.24) is 15.1 Å². The van der Waals surface area contributed by atoms with Crippen LogP contribution in [0.25, 0.3) is 0 Å². The van der Waals surface area contributed by atoms with Gasteiger partial charge in [0, 0.05) is 26.2 Å². The molecule has 14 heavy (non-hydrogen) atoms. The second kappa shape index (κ2) is 4.40. The van der Waals surface area contributed by atoms with E-state index in [0.717, 1.165) is 5.69 Å². The minimum atomic E-state index is -1.47. The van der Waals surface area contributed by atoms with Crippen LogP contribution in [-0.4, -0.2) is 33.3 Å². The first-order valence-electron chi connectivity index (χ1n) is 4.09. The average molecular weight is 197 g/mol. The molecule has 0 aliphatic carbocycles. The summed E-state index contributed by atoms with van der Waals surface area (Å²) in [4.78, 5) is 20.7. The fourth-order valence-electron chi connectivity index (χ4n) is 0.976. The van der Waals surface area contributed by atoms with Crippen LogP contribution < -0.4 is 5.32 Å². The Labute approximate surface area is 80.5 Å². The largest absolute Gasteiger partial charge is 0.474 e.